The zero-order valence-electron chi connectivity index (χ0n) is 11.3. The van der Waals surface area contributed by atoms with Crippen LogP contribution in [0.4, 0.5) is 5.69 Å². The van der Waals surface area contributed by atoms with Gasteiger partial charge in [0.05, 0.1) is 6.04 Å². The number of carbonyl (C=O) groups is 1. The molecule has 0 saturated carbocycles. The molecule has 0 aromatic heterocycles. The van der Waals surface area contributed by atoms with Crippen LogP contribution in [0, 0.1) is 0 Å². The van der Waals surface area contributed by atoms with E-state index >= 15 is 0 Å². The van der Waals surface area contributed by atoms with E-state index in [0.717, 1.165) is 5.56 Å². The molecule has 0 bridgehead atoms. The van der Waals surface area contributed by atoms with Gasteiger partial charge in [-0.25, -0.2) is 0 Å². The summed E-state index contributed by atoms with van der Waals surface area (Å²) in [4.78, 5) is 12.2. The zero-order chi connectivity index (χ0) is 14.5. The topological polar surface area (TPSA) is 55.1 Å². The molecule has 2 aromatic rings. The van der Waals surface area contributed by atoms with E-state index < -0.39 is 0 Å². The van der Waals surface area contributed by atoms with Gasteiger partial charge < -0.3 is 11.1 Å². The summed E-state index contributed by atoms with van der Waals surface area (Å²) < 4.78 is 0. The highest BCUT2D eigenvalue weighted by molar-refractivity contribution is 6.30. The molecule has 0 aliphatic heterocycles. The fraction of sp³-hybridized carbons (Fsp3) is 0.188. The van der Waals surface area contributed by atoms with Gasteiger partial charge in [-0.15, -0.1) is 0 Å². The third-order valence-electron chi connectivity index (χ3n) is 3.11. The van der Waals surface area contributed by atoms with E-state index in [1.807, 2.05) is 31.2 Å². The van der Waals surface area contributed by atoms with Gasteiger partial charge in [-0.1, -0.05) is 23.7 Å². The molecule has 0 heterocycles. The van der Waals surface area contributed by atoms with Gasteiger partial charge in [0.25, 0.3) is 0 Å². The van der Waals surface area contributed by atoms with Gasteiger partial charge in [0.1, 0.15) is 0 Å². The highest BCUT2D eigenvalue weighted by Gasteiger charge is 2.14. The molecule has 104 valence electrons. The number of hydrogen-bond donors (Lipinski definition) is 2. The number of nitrogens with one attached hydrogen (secondary N) is 1. The van der Waals surface area contributed by atoms with Crippen molar-refractivity contribution >= 4 is 23.1 Å². The Bertz CT molecular complexity index is 578. The number of carbonyl (C=O) groups excluding carboxylic acids is 1. The van der Waals surface area contributed by atoms with Crippen LogP contribution < -0.4 is 11.1 Å². The number of nitrogen functional groups attached to an aromatic ring is 1. The summed E-state index contributed by atoms with van der Waals surface area (Å²) in [5, 5.41) is 3.92. The Morgan fingerprint density at radius 3 is 2.35 bits per heavy atom. The molecule has 0 radical (unpaired) electrons. The fourth-order valence-corrected chi connectivity index (χ4v) is 1.99. The Hall–Kier alpha value is -1.84. The Balaban J connectivity index is 1.94. The predicted molar refractivity (Wildman–Crippen MR) is 82.9 cm³/mol. The second kappa shape index (κ2) is 6.55. The maximum Gasteiger partial charge on any atom is 0.179 e. The van der Waals surface area contributed by atoms with Crippen molar-refractivity contribution in [3.63, 3.8) is 0 Å². The smallest absolute Gasteiger partial charge is 0.179 e. The summed E-state index contributed by atoms with van der Waals surface area (Å²) in [5.41, 5.74) is 8.02. The predicted octanol–water partition coefficient (Wildman–Crippen LogP) is 3.28. The van der Waals surface area contributed by atoms with Crippen LogP contribution in [-0.4, -0.2) is 11.8 Å². The van der Waals surface area contributed by atoms with Crippen molar-refractivity contribution in [1.82, 2.24) is 5.32 Å². The lowest BCUT2D eigenvalue weighted by Gasteiger charge is -2.13. The molecule has 0 saturated heterocycles. The molecule has 2 aromatic carbocycles. The molecule has 3 N–H and O–H groups in total. The van der Waals surface area contributed by atoms with E-state index in [1.165, 1.54) is 0 Å². The first-order valence-corrected chi connectivity index (χ1v) is 6.81. The van der Waals surface area contributed by atoms with Gasteiger partial charge in [0.15, 0.2) is 5.78 Å². The first-order chi connectivity index (χ1) is 9.56. The minimum Gasteiger partial charge on any atom is -0.399 e. The van der Waals surface area contributed by atoms with Crippen molar-refractivity contribution in [2.24, 2.45) is 0 Å². The summed E-state index contributed by atoms with van der Waals surface area (Å²) in [7, 11) is 0. The van der Waals surface area contributed by atoms with Crippen LogP contribution in [0.1, 0.15) is 22.8 Å². The zero-order valence-corrected chi connectivity index (χ0v) is 12.0. The van der Waals surface area contributed by atoms with E-state index in [4.69, 9.17) is 17.3 Å². The first kappa shape index (κ1) is 14.6. The molecule has 0 aliphatic rings. The molecule has 20 heavy (non-hydrogen) atoms. The van der Waals surface area contributed by atoms with Crippen LogP contribution in [-0.2, 0) is 6.54 Å². The summed E-state index contributed by atoms with van der Waals surface area (Å²) in [6.07, 6.45) is 0. The monoisotopic (exact) mass is 288 g/mol. The minimum absolute atomic E-state index is 0.0546. The van der Waals surface area contributed by atoms with Crippen molar-refractivity contribution in [3.05, 3.63) is 64.7 Å². The van der Waals surface area contributed by atoms with Gasteiger partial charge in [0, 0.05) is 22.8 Å². The quantitative estimate of drug-likeness (QED) is 0.656. The number of anilines is 1. The molecule has 2 rings (SSSR count). The fourth-order valence-electron chi connectivity index (χ4n) is 1.86. The van der Waals surface area contributed by atoms with Crippen molar-refractivity contribution in [2.75, 3.05) is 5.73 Å². The average Bonchev–Trinajstić information content (AvgIpc) is 2.46. The van der Waals surface area contributed by atoms with Crippen molar-refractivity contribution in [2.45, 2.75) is 19.5 Å². The maximum atomic E-state index is 12.2. The van der Waals surface area contributed by atoms with Crippen molar-refractivity contribution in [3.8, 4) is 0 Å². The lowest BCUT2D eigenvalue weighted by atomic mass is 10.0. The molecular weight excluding hydrogens is 272 g/mol. The van der Waals surface area contributed by atoms with Gasteiger partial charge >= 0.3 is 0 Å². The Morgan fingerprint density at radius 1 is 1.15 bits per heavy atom. The molecule has 3 nitrogen and oxygen atoms in total. The molecule has 1 atom stereocenters. The lowest BCUT2D eigenvalue weighted by molar-refractivity contribution is 0.0950. The SMILES string of the molecule is CC(NCc1ccc(Cl)cc1)C(=O)c1ccc(N)cc1. The molecular formula is C16H17ClN2O. The molecule has 0 fully saturated rings. The summed E-state index contributed by atoms with van der Waals surface area (Å²) in [5.74, 6) is 0.0546. The van der Waals surface area contributed by atoms with Gasteiger partial charge in [0.2, 0.25) is 0 Å². The maximum absolute atomic E-state index is 12.2. The van der Waals surface area contributed by atoms with E-state index in [9.17, 15) is 4.79 Å². The second-order valence-electron chi connectivity index (χ2n) is 4.72. The van der Waals surface area contributed by atoms with Crippen LogP contribution in [0.15, 0.2) is 48.5 Å². The largest absolute Gasteiger partial charge is 0.399 e. The van der Waals surface area contributed by atoms with Crippen LogP contribution in [0.3, 0.4) is 0 Å². The van der Waals surface area contributed by atoms with Crippen LogP contribution in [0.25, 0.3) is 0 Å². The van der Waals surface area contributed by atoms with Gasteiger partial charge in [-0.05, 0) is 48.9 Å². The van der Waals surface area contributed by atoms with Crippen LogP contribution in [0.5, 0.6) is 0 Å². The number of halogens is 1. The van der Waals surface area contributed by atoms with Crippen LogP contribution >= 0.6 is 11.6 Å². The molecule has 0 aliphatic carbocycles. The standard InChI is InChI=1S/C16H17ClN2O/c1-11(16(20)13-4-8-15(18)9-5-13)19-10-12-2-6-14(17)7-3-12/h2-9,11,19H,10,18H2,1H3. The number of nitrogens with two attached hydrogens (primary N) is 1. The Kier molecular flexibility index (Phi) is 4.77. The first-order valence-electron chi connectivity index (χ1n) is 6.44. The van der Waals surface area contributed by atoms with E-state index in [1.54, 1.807) is 24.3 Å². The number of benzene rings is 2. The normalized spacial score (nSPS) is 12.1. The average molecular weight is 289 g/mol. The minimum atomic E-state index is -0.255. The Morgan fingerprint density at radius 2 is 1.75 bits per heavy atom. The Labute approximate surface area is 123 Å². The number of Topliss-reactive ketones (excluding diaryl/α,β-unsaturated/α-hetero) is 1. The van der Waals surface area contributed by atoms with Crippen LogP contribution in [0.2, 0.25) is 5.02 Å². The third kappa shape index (κ3) is 3.83. The molecule has 1 unspecified atom stereocenters. The van der Waals surface area contributed by atoms with Crippen molar-refractivity contribution < 1.29 is 4.79 Å². The highest BCUT2D eigenvalue weighted by Crippen LogP contribution is 2.11. The molecule has 0 amide bonds. The summed E-state index contributed by atoms with van der Waals surface area (Å²) in [6, 6.07) is 14.3. The molecule has 4 heteroatoms. The second-order valence-corrected chi connectivity index (χ2v) is 5.15. The van der Waals surface area contributed by atoms with Crippen molar-refractivity contribution in [1.29, 1.82) is 0 Å². The van der Waals surface area contributed by atoms with Gasteiger partial charge in [-0.2, -0.15) is 0 Å². The number of ketones is 1. The number of hydrogen-bond acceptors (Lipinski definition) is 3. The third-order valence-corrected chi connectivity index (χ3v) is 3.37. The summed E-state index contributed by atoms with van der Waals surface area (Å²) >= 11 is 5.83. The number of rotatable bonds is 5. The lowest BCUT2D eigenvalue weighted by Crippen LogP contribution is -2.33. The molecule has 0 spiro atoms. The highest BCUT2D eigenvalue weighted by atomic mass is 35.5. The summed E-state index contributed by atoms with van der Waals surface area (Å²) in [6.45, 7) is 2.48. The van der Waals surface area contributed by atoms with E-state index in [-0.39, 0.29) is 11.8 Å². The van der Waals surface area contributed by atoms with E-state index in [0.29, 0.717) is 22.8 Å². The van der Waals surface area contributed by atoms with Gasteiger partial charge in [-0.3, -0.25) is 4.79 Å². The van der Waals surface area contributed by atoms with E-state index in [2.05, 4.69) is 5.32 Å².